The van der Waals surface area contributed by atoms with Gasteiger partial charge in [0, 0.05) is 30.5 Å². The maximum Gasteiger partial charge on any atom is 0.229 e. The number of nitrogens with one attached hydrogen (secondary N) is 1. The van der Waals surface area contributed by atoms with Gasteiger partial charge in [-0.1, -0.05) is 12.1 Å². The largest absolute Gasteiger partial charge is 0.497 e. The van der Waals surface area contributed by atoms with Crippen molar-refractivity contribution < 1.29 is 13.9 Å². The molecule has 3 aromatic rings. The molecule has 4 rings (SSSR count). The summed E-state index contributed by atoms with van der Waals surface area (Å²) in [4.78, 5) is 23.8. The molecule has 1 aliphatic rings. The van der Waals surface area contributed by atoms with Crippen LogP contribution in [-0.4, -0.2) is 36.1 Å². The fraction of sp³-hybridized carbons (Fsp3) is 0.261. The minimum absolute atomic E-state index is 0.00993. The van der Waals surface area contributed by atoms with Gasteiger partial charge in [-0.05, 0) is 55.3 Å². The van der Waals surface area contributed by atoms with Gasteiger partial charge in [-0.3, -0.25) is 4.79 Å². The van der Waals surface area contributed by atoms with Crippen LogP contribution < -0.4 is 15.0 Å². The number of anilines is 2. The van der Waals surface area contributed by atoms with Crippen molar-refractivity contribution in [2.24, 2.45) is 5.92 Å². The molecule has 6 nitrogen and oxygen atoms in total. The maximum absolute atomic E-state index is 13.6. The van der Waals surface area contributed by atoms with E-state index >= 15 is 0 Å². The number of hydrogen-bond acceptors (Lipinski definition) is 5. The van der Waals surface area contributed by atoms with Gasteiger partial charge in [-0.25, -0.2) is 14.4 Å². The van der Waals surface area contributed by atoms with Crippen LogP contribution in [0.25, 0.3) is 11.4 Å². The first kappa shape index (κ1) is 19.8. The van der Waals surface area contributed by atoms with Gasteiger partial charge in [0.2, 0.25) is 5.91 Å². The summed E-state index contributed by atoms with van der Waals surface area (Å²) in [5.41, 5.74) is 1.37. The Morgan fingerprint density at radius 2 is 2.03 bits per heavy atom. The van der Waals surface area contributed by atoms with Gasteiger partial charge in [0.25, 0.3) is 0 Å². The third kappa shape index (κ3) is 4.56. The van der Waals surface area contributed by atoms with E-state index in [1.807, 2.05) is 30.3 Å². The third-order valence-electron chi connectivity index (χ3n) is 5.20. The number of methoxy groups -OCH3 is 1. The summed E-state index contributed by atoms with van der Waals surface area (Å²) >= 11 is 0. The molecule has 0 spiro atoms. The molecule has 7 heteroatoms. The van der Waals surface area contributed by atoms with E-state index in [9.17, 15) is 9.18 Å². The number of piperidine rings is 1. The lowest BCUT2D eigenvalue weighted by molar-refractivity contribution is -0.120. The Kier molecular flexibility index (Phi) is 5.88. The molecule has 1 saturated heterocycles. The Morgan fingerprint density at radius 3 is 2.80 bits per heavy atom. The average Bonchev–Trinajstić information content (AvgIpc) is 2.80. The van der Waals surface area contributed by atoms with Crippen LogP contribution in [0.3, 0.4) is 0 Å². The number of carbonyl (C=O) groups excluding carboxylic acids is 1. The summed E-state index contributed by atoms with van der Waals surface area (Å²) in [7, 11) is 1.61. The van der Waals surface area contributed by atoms with Crippen molar-refractivity contribution in [3.63, 3.8) is 0 Å². The van der Waals surface area contributed by atoms with E-state index in [0.717, 1.165) is 36.6 Å². The van der Waals surface area contributed by atoms with Gasteiger partial charge in [-0.15, -0.1) is 0 Å². The first-order valence-corrected chi connectivity index (χ1v) is 9.91. The molecule has 1 aromatic heterocycles. The van der Waals surface area contributed by atoms with Crippen molar-refractivity contribution in [2.75, 3.05) is 30.4 Å². The van der Waals surface area contributed by atoms with Crippen LogP contribution in [0.4, 0.5) is 15.9 Å². The van der Waals surface area contributed by atoms with Crippen molar-refractivity contribution in [3.8, 4) is 17.1 Å². The number of carbonyl (C=O) groups is 1. The third-order valence-corrected chi connectivity index (χ3v) is 5.20. The van der Waals surface area contributed by atoms with Gasteiger partial charge in [0.05, 0.1) is 13.0 Å². The molecule has 1 amide bonds. The normalized spacial score (nSPS) is 16.2. The highest BCUT2D eigenvalue weighted by Crippen LogP contribution is 2.25. The van der Waals surface area contributed by atoms with Crippen molar-refractivity contribution >= 4 is 17.4 Å². The molecule has 0 unspecified atom stereocenters. The molecular formula is C23H23FN4O2. The van der Waals surface area contributed by atoms with Crippen LogP contribution in [0.5, 0.6) is 5.75 Å². The van der Waals surface area contributed by atoms with Crippen LogP contribution in [0.2, 0.25) is 0 Å². The van der Waals surface area contributed by atoms with Crippen molar-refractivity contribution in [2.45, 2.75) is 12.8 Å². The topological polar surface area (TPSA) is 67.3 Å². The van der Waals surface area contributed by atoms with Crippen LogP contribution in [0.1, 0.15) is 12.8 Å². The molecule has 0 radical (unpaired) electrons. The van der Waals surface area contributed by atoms with E-state index in [0.29, 0.717) is 17.9 Å². The fourth-order valence-electron chi connectivity index (χ4n) is 3.61. The van der Waals surface area contributed by atoms with Crippen molar-refractivity contribution in [1.82, 2.24) is 9.97 Å². The molecular weight excluding hydrogens is 383 g/mol. The standard InChI is InChI=1S/C23H23FN4O2/c1-30-20-9-7-19(8-10-20)26-23(29)17-5-3-13-28(15-17)21-11-12-25-22(27-21)16-4-2-6-18(24)14-16/h2,4,6-12,14,17H,3,5,13,15H2,1H3,(H,26,29)/t17-/m1/s1. The zero-order valence-corrected chi connectivity index (χ0v) is 16.7. The summed E-state index contributed by atoms with van der Waals surface area (Å²) in [6, 6.07) is 15.3. The minimum Gasteiger partial charge on any atom is -0.497 e. The molecule has 2 heterocycles. The highest BCUT2D eigenvalue weighted by Gasteiger charge is 2.27. The lowest BCUT2D eigenvalue weighted by Crippen LogP contribution is -2.41. The van der Waals surface area contributed by atoms with Crippen LogP contribution in [-0.2, 0) is 4.79 Å². The van der Waals surface area contributed by atoms with Crippen LogP contribution >= 0.6 is 0 Å². The summed E-state index contributed by atoms with van der Waals surface area (Å²) in [6.07, 6.45) is 3.38. The number of nitrogens with zero attached hydrogens (tertiary/aromatic N) is 3. The summed E-state index contributed by atoms with van der Waals surface area (Å²) < 4.78 is 18.7. The molecule has 154 valence electrons. The Bertz CT molecular complexity index is 1030. The number of aromatic nitrogens is 2. The highest BCUT2D eigenvalue weighted by molar-refractivity contribution is 5.93. The Morgan fingerprint density at radius 1 is 1.20 bits per heavy atom. The van der Waals surface area contributed by atoms with E-state index in [-0.39, 0.29) is 17.6 Å². The SMILES string of the molecule is COc1ccc(NC(=O)[C@@H]2CCCN(c3ccnc(-c4cccc(F)c4)n3)C2)cc1. The Labute approximate surface area is 174 Å². The first-order chi connectivity index (χ1) is 14.6. The average molecular weight is 406 g/mol. The van der Waals surface area contributed by atoms with Crippen LogP contribution in [0, 0.1) is 11.7 Å². The number of amides is 1. The Balaban J connectivity index is 1.45. The van der Waals surface area contributed by atoms with Crippen molar-refractivity contribution in [3.05, 3.63) is 66.6 Å². The number of rotatable bonds is 5. The minimum atomic E-state index is -0.324. The summed E-state index contributed by atoms with van der Waals surface area (Å²) in [6.45, 7) is 1.38. The van der Waals surface area contributed by atoms with Gasteiger partial charge >= 0.3 is 0 Å². The number of halogens is 1. The monoisotopic (exact) mass is 406 g/mol. The van der Waals surface area contributed by atoms with Crippen molar-refractivity contribution in [1.29, 1.82) is 0 Å². The lowest BCUT2D eigenvalue weighted by Gasteiger charge is -2.33. The molecule has 1 N–H and O–H groups in total. The molecule has 1 aliphatic heterocycles. The molecule has 0 saturated carbocycles. The number of benzene rings is 2. The predicted octanol–water partition coefficient (Wildman–Crippen LogP) is 4.15. The molecule has 1 atom stereocenters. The van der Waals surface area contributed by atoms with Gasteiger partial charge in [0.15, 0.2) is 5.82 Å². The molecule has 0 bridgehead atoms. The molecule has 1 fully saturated rings. The fourth-order valence-corrected chi connectivity index (χ4v) is 3.61. The zero-order valence-electron chi connectivity index (χ0n) is 16.7. The molecule has 30 heavy (non-hydrogen) atoms. The first-order valence-electron chi connectivity index (χ1n) is 9.91. The molecule has 0 aliphatic carbocycles. The second kappa shape index (κ2) is 8.90. The Hall–Kier alpha value is -3.48. The summed E-state index contributed by atoms with van der Waals surface area (Å²) in [5.74, 6) is 1.48. The van der Waals surface area contributed by atoms with E-state index in [1.165, 1.54) is 12.1 Å². The van der Waals surface area contributed by atoms with E-state index in [1.54, 1.807) is 25.4 Å². The van der Waals surface area contributed by atoms with Crippen LogP contribution in [0.15, 0.2) is 60.8 Å². The number of hydrogen-bond donors (Lipinski definition) is 1. The predicted molar refractivity (Wildman–Crippen MR) is 114 cm³/mol. The number of ether oxygens (including phenoxy) is 1. The highest BCUT2D eigenvalue weighted by atomic mass is 19.1. The van der Waals surface area contributed by atoms with Gasteiger partial charge < -0.3 is 15.0 Å². The van der Waals surface area contributed by atoms with Gasteiger partial charge in [-0.2, -0.15) is 0 Å². The van der Waals surface area contributed by atoms with Gasteiger partial charge in [0.1, 0.15) is 17.4 Å². The lowest BCUT2D eigenvalue weighted by atomic mass is 9.97. The van der Waals surface area contributed by atoms with E-state index in [4.69, 9.17) is 4.74 Å². The smallest absolute Gasteiger partial charge is 0.229 e. The molecule has 2 aromatic carbocycles. The maximum atomic E-state index is 13.6. The zero-order chi connectivity index (χ0) is 20.9. The van der Waals surface area contributed by atoms with E-state index < -0.39 is 0 Å². The van der Waals surface area contributed by atoms with E-state index in [2.05, 4.69) is 20.2 Å². The second-order valence-electron chi connectivity index (χ2n) is 7.25. The summed E-state index contributed by atoms with van der Waals surface area (Å²) in [5, 5.41) is 2.98. The second-order valence-corrected chi connectivity index (χ2v) is 7.25. The quantitative estimate of drug-likeness (QED) is 0.690.